The molecule has 3 aliphatic rings. The third-order valence-corrected chi connectivity index (χ3v) is 8.35. The first-order chi connectivity index (χ1) is 17.1. The molecule has 1 amide bonds. The number of ether oxygens (including phenoxy) is 3. The molecule has 0 aromatic heterocycles. The molecule has 4 atom stereocenters. The lowest BCUT2D eigenvalue weighted by molar-refractivity contribution is -0.164. The summed E-state index contributed by atoms with van der Waals surface area (Å²) in [5.41, 5.74) is 1.69. The molecule has 0 unspecified atom stereocenters. The molecule has 1 fully saturated rings. The number of benzene rings is 1. The van der Waals surface area contributed by atoms with E-state index in [0.717, 1.165) is 0 Å². The van der Waals surface area contributed by atoms with Gasteiger partial charge in [-0.15, -0.1) is 0 Å². The number of sulfonamides is 1. The second kappa shape index (κ2) is 9.81. The number of rotatable bonds is 9. The average molecular weight is 517 g/mol. The van der Waals surface area contributed by atoms with E-state index in [1.807, 2.05) is 6.92 Å². The number of carbonyl (C=O) groups excluding carboxylic acids is 3. The van der Waals surface area contributed by atoms with E-state index < -0.39 is 52.0 Å². The van der Waals surface area contributed by atoms with Crippen LogP contribution in [0.2, 0.25) is 0 Å². The van der Waals surface area contributed by atoms with Crippen molar-refractivity contribution in [3.05, 3.63) is 66.4 Å². The van der Waals surface area contributed by atoms with Crippen molar-refractivity contribution in [1.82, 2.24) is 4.90 Å². The Kier molecular flexibility index (Phi) is 6.94. The quantitative estimate of drug-likeness (QED) is 0.279. The maximum absolute atomic E-state index is 13.2. The van der Waals surface area contributed by atoms with Gasteiger partial charge < -0.3 is 19.1 Å². The molecule has 1 aromatic carbocycles. The molecule has 0 saturated carbocycles. The van der Waals surface area contributed by atoms with Gasteiger partial charge in [0.05, 0.1) is 29.9 Å². The Bertz CT molecular complexity index is 1250. The summed E-state index contributed by atoms with van der Waals surface area (Å²) in [5.74, 6) is -2.44. The second-order valence-corrected chi connectivity index (χ2v) is 10.7. The molecule has 0 aliphatic carbocycles. The Labute approximate surface area is 209 Å². The molecule has 11 heteroatoms. The lowest BCUT2D eigenvalue weighted by Gasteiger charge is -2.47. The van der Waals surface area contributed by atoms with Crippen molar-refractivity contribution < 1.29 is 37.0 Å². The van der Waals surface area contributed by atoms with Crippen molar-refractivity contribution in [2.24, 2.45) is 11.8 Å². The van der Waals surface area contributed by atoms with Gasteiger partial charge in [-0.1, -0.05) is 50.4 Å². The highest BCUT2D eigenvalue weighted by atomic mass is 32.2. The standard InChI is InChI=1S/C25H28N2O8S/c1-5-11-33-24(29)22-18(13-26-19-10-8-7-9-17(19)14-36(26,31)32)15(3)21-20(23(28)27(21)22)16(4)35-25(30)34-12-6-2/h5-10,15-16,20-21H,1-2,11-14H2,3-4H3/t15-,16+,20+,21+/m0/s1. The summed E-state index contributed by atoms with van der Waals surface area (Å²) >= 11 is 0. The first-order valence-corrected chi connectivity index (χ1v) is 13.1. The van der Waals surface area contributed by atoms with Crippen molar-refractivity contribution in [2.75, 3.05) is 24.1 Å². The SMILES string of the molecule is C=CCOC(=O)O[C@H](C)[C@H]1C(=O)N2C(C(=O)OCC=C)=C(CN3c4ccccc4CS3(=O)=O)[C@H](C)[C@H]12. The highest BCUT2D eigenvalue weighted by molar-refractivity contribution is 7.92. The fourth-order valence-electron chi connectivity index (χ4n) is 5.06. The average Bonchev–Trinajstić information content (AvgIpc) is 3.23. The van der Waals surface area contributed by atoms with Crippen LogP contribution in [-0.4, -0.2) is 63.3 Å². The molecular weight excluding hydrogens is 488 g/mol. The number of carbonyl (C=O) groups is 3. The van der Waals surface area contributed by atoms with Gasteiger partial charge in [0, 0.05) is 5.92 Å². The van der Waals surface area contributed by atoms with Crippen molar-refractivity contribution in [3.8, 4) is 0 Å². The van der Waals surface area contributed by atoms with Crippen molar-refractivity contribution in [1.29, 1.82) is 0 Å². The van der Waals surface area contributed by atoms with E-state index in [1.165, 1.54) is 21.4 Å². The number of amides is 1. The van der Waals surface area contributed by atoms with Gasteiger partial charge in [-0.2, -0.15) is 0 Å². The van der Waals surface area contributed by atoms with Gasteiger partial charge in [-0.25, -0.2) is 18.0 Å². The highest BCUT2D eigenvalue weighted by Gasteiger charge is 2.61. The maximum Gasteiger partial charge on any atom is 0.508 e. The predicted octanol–water partition coefficient (Wildman–Crippen LogP) is 2.52. The largest absolute Gasteiger partial charge is 0.508 e. The van der Waals surface area contributed by atoms with E-state index in [0.29, 0.717) is 16.8 Å². The van der Waals surface area contributed by atoms with Crippen molar-refractivity contribution in [3.63, 3.8) is 0 Å². The second-order valence-electron chi connectivity index (χ2n) is 8.84. The molecule has 0 spiro atoms. The minimum Gasteiger partial charge on any atom is -0.457 e. The Morgan fingerprint density at radius 3 is 2.53 bits per heavy atom. The van der Waals surface area contributed by atoms with Crippen LogP contribution in [-0.2, 0) is 39.6 Å². The molecule has 4 rings (SSSR count). The van der Waals surface area contributed by atoms with Crippen LogP contribution in [0.5, 0.6) is 0 Å². The van der Waals surface area contributed by atoms with Gasteiger partial charge in [0.1, 0.15) is 25.0 Å². The monoisotopic (exact) mass is 516 g/mol. The summed E-state index contributed by atoms with van der Waals surface area (Å²) in [4.78, 5) is 39.5. The zero-order valence-corrected chi connectivity index (χ0v) is 20.9. The molecule has 192 valence electrons. The first kappa shape index (κ1) is 25.5. The Morgan fingerprint density at radius 1 is 1.17 bits per heavy atom. The fraction of sp³-hybridized carbons (Fsp3) is 0.400. The summed E-state index contributed by atoms with van der Waals surface area (Å²) in [7, 11) is -3.67. The molecule has 1 aromatic rings. The zero-order valence-electron chi connectivity index (χ0n) is 20.1. The molecule has 3 aliphatic heterocycles. The van der Waals surface area contributed by atoms with E-state index in [-0.39, 0.29) is 31.2 Å². The Hall–Kier alpha value is -3.60. The van der Waals surface area contributed by atoms with Crippen LogP contribution >= 0.6 is 0 Å². The smallest absolute Gasteiger partial charge is 0.457 e. The molecule has 0 radical (unpaired) electrons. The number of β-lactam (4-membered cyclic amide) rings is 1. The van der Waals surface area contributed by atoms with Crippen molar-refractivity contribution >= 4 is 33.7 Å². The molecule has 3 heterocycles. The summed E-state index contributed by atoms with van der Waals surface area (Å²) in [5, 5.41) is 0. The van der Waals surface area contributed by atoms with Crippen molar-refractivity contribution in [2.45, 2.75) is 31.7 Å². The number of nitrogens with zero attached hydrogens (tertiary/aromatic N) is 2. The third kappa shape index (κ3) is 4.27. The molecule has 0 N–H and O–H groups in total. The lowest BCUT2D eigenvalue weighted by atomic mass is 9.77. The van der Waals surface area contributed by atoms with Gasteiger partial charge in [-0.05, 0) is 24.1 Å². The summed E-state index contributed by atoms with van der Waals surface area (Å²) in [6.45, 7) is 10.2. The van der Waals surface area contributed by atoms with Gasteiger partial charge in [0.25, 0.3) is 0 Å². The van der Waals surface area contributed by atoms with E-state index in [9.17, 15) is 22.8 Å². The highest BCUT2D eigenvalue weighted by Crippen LogP contribution is 2.49. The van der Waals surface area contributed by atoms with Crippen LogP contribution in [0.4, 0.5) is 10.5 Å². The molecular formula is C25H28N2O8S. The minimum atomic E-state index is -3.67. The number of para-hydroxylation sites is 1. The van der Waals surface area contributed by atoms with E-state index in [4.69, 9.17) is 14.2 Å². The summed E-state index contributed by atoms with van der Waals surface area (Å²) < 4.78 is 42.7. The van der Waals surface area contributed by atoms with Gasteiger partial charge in [-0.3, -0.25) is 9.10 Å². The van der Waals surface area contributed by atoms with Gasteiger partial charge in [0.2, 0.25) is 15.9 Å². The van der Waals surface area contributed by atoms with E-state index in [2.05, 4.69) is 13.2 Å². The van der Waals surface area contributed by atoms with E-state index >= 15 is 0 Å². The topological polar surface area (TPSA) is 120 Å². The number of hydrogen-bond donors (Lipinski definition) is 0. The van der Waals surface area contributed by atoms with Crippen LogP contribution in [0.15, 0.2) is 60.8 Å². The normalized spacial score (nSPS) is 24.4. The van der Waals surface area contributed by atoms with E-state index in [1.54, 1.807) is 31.2 Å². The predicted molar refractivity (Wildman–Crippen MR) is 130 cm³/mol. The third-order valence-electron chi connectivity index (χ3n) is 6.68. The van der Waals surface area contributed by atoms with Crippen LogP contribution in [0.25, 0.3) is 0 Å². The number of esters is 1. The molecule has 1 saturated heterocycles. The number of fused-ring (bicyclic) bond motifs is 2. The maximum atomic E-state index is 13.2. The zero-order chi connectivity index (χ0) is 26.2. The first-order valence-electron chi connectivity index (χ1n) is 11.5. The van der Waals surface area contributed by atoms with Crippen LogP contribution in [0.1, 0.15) is 19.4 Å². The Morgan fingerprint density at radius 2 is 1.83 bits per heavy atom. The number of anilines is 1. The summed E-state index contributed by atoms with van der Waals surface area (Å²) in [6.07, 6.45) is 1.03. The summed E-state index contributed by atoms with van der Waals surface area (Å²) in [6, 6.07) is 6.46. The van der Waals surface area contributed by atoms with Crippen LogP contribution < -0.4 is 4.31 Å². The fourth-order valence-corrected chi connectivity index (χ4v) is 6.66. The Balaban J connectivity index is 1.65. The van der Waals surface area contributed by atoms with Gasteiger partial charge in [0.15, 0.2) is 0 Å². The van der Waals surface area contributed by atoms with Gasteiger partial charge >= 0.3 is 12.1 Å². The molecule has 0 bridgehead atoms. The molecule has 36 heavy (non-hydrogen) atoms. The molecule has 10 nitrogen and oxygen atoms in total. The minimum absolute atomic E-state index is 0.0246. The lowest BCUT2D eigenvalue weighted by Crippen LogP contribution is -2.64. The van der Waals surface area contributed by atoms with Crippen LogP contribution in [0, 0.1) is 11.8 Å². The van der Waals surface area contributed by atoms with Crippen LogP contribution in [0.3, 0.4) is 0 Å². The number of hydrogen-bond acceptors (Lipinski definition) is 8.